The molecule has 5 nitrogen and oxygen atoms in total. The van der Waals surface area contributed by atoms with E-state index in [0.29, 0.717) is 21.7 Å². The number of carbonyl (C=O) groups is 1. The molecule has 2 N–H and O–H groups in total. The molecule has 0 saturated carbocycles. The van der Waals surface area contributed by atoms with E-state index in [1.165, 1.54) is 11.8 Å². The van der Waals surface area contributed by atoms with Crippen molar-refractivity contribution in [3.8, 4) is 11.4 Å². The van der Waals surface area contributed by atoms with E-state index in [1.54, 1.807) is 24.3 Å². The fourth-order valence-electron chi connectivity index (χ4n) is 1.90. The van der Waals surface area contributed by atoms with Crippen molar-refractivity contribution in [1.82, 2.24) is 15.2 Å². The quantitative estimate of drug-likeness (QED) is 0.689. The van der Waals surface area contributed by atoms with Crippen molar-refractivity contribution in [3.05, 3.63) is 59.6 Å². The van der Waals surface area contributed by atoms with Crippen LogP contribution < -0.4 is 5.32 Å². The van der Waals surface area contributed by atoms with E-state index in [9.17, 15) is 4.79 Å². The van der Waals surface area contributed by atoms with Gasteiger partial charge in [0.2, 0.25) is 11.1 Å². The molecule has 1 aromatic heterocycles. The lowest BCUT2D eigenvalue weighted by Gasteiger charge is -2.03. The fraction of sp³-hybridized carbons (Fsp3) is 0.0625. The molecule has 2 aromatic carbocycles. The van der Waals surface area contributed by atoms with Crippen LogP contribution in [-0.2, 0) is 4.79 Å². The Kier molecular flexibility index (Phi) is 4.95. The summed E-state index contributed by atoms with van der Waals surface area (Å²) in [4.78, 5) is 16.3. The van der Waals surface area contributed by atoms with Gasteiger partial charge >= 0.3 is 0 Å². The Morgan fingerprint density at radius 3 is 2.61 bits per heavy atom. The van der Waals surface area contributed by atoms with E-state index in [1.807, 2.05) is 30.3 Å². The summed E-state index contributed by atoms with van der Waals surface area (Å²) in [6.45, 7) is 0. The Bertz CT molecular complexity index is 789. The molecular weight excluding hydrogens is 332 g/mol. The third-order valence-corrected chi connectivity index (χ3v) is 4.07. The number of hydrogen-bond donors (Lipinski definition) is 2. The zero-order chi connectivity index (χ0) is 16.1. The van der Waals surface area contributed by atoms with Gasteiger partial charge in [-0.3, -0.25) is 9.89 Å². The lowest BCUT2D eigenvalue weighted by Crippen LogP contribution is -2.13. The minimum Gasteiger partial charge on any atom is -0.325 e. The van der Waals surface area contributed by atoms with Crippen LogP contribution in [0.5, 0.6) is 0 Å². The molecule has 7 heteroatoms. The second-order valence-corrected chi connectivity index (χ2v) is 6.06. The summed E-state index contributed by atoms with van der Waals surface area (Å²) in [5, 5.41) is 10.9. The third kappa shape index (κ3) is 4.34. The largest absolute Gasteiger partial charge is 0.325 e. The Balaban J connectivity index is 1.55. The fourth-order valence-corrected chi connectivity index (χ4v) is 2.62. The molecule has 3 aromatic rings. The standard InChI is InChI=1S/C16H13ClN4OS/c17-12-6-8-13(9-7-12)18-14(22)10-23-16-19-15(20-21-16)11-4-2-1-3-5-11/h1-9H,10H2,(H,18,22)(H,19,20,21). The first-order valence-corrected chi connectivity index (χ1v) is 8.23. The molecule has 0 atom stereocenters. The highest BCUT2D eigenvalue weighted by Gasteiger charge is 2.09. The van der Waals surface area contributed by atoms with Gasteiger partial charge in [0.25, 0.3) is 0 Å². The lowest BCUT2D eigenvalue weighted by atomic mass is 10.2. The molecule has 0 aliphatic rings. The first kappa shape index (κ1) is 15.6. The molecular formula is C16H13ClN4OS. The van der Waals surface area contributed by atoms with Gasteiger partial charge in [0.15, 0.2) is 5.82 Å². The van der Waals surface area contributed by atoms with Gasteiger partial charge in [-0.1, -0.05) is 53.7 Å². The van der Waals surface area contributed by atoms with Gasteiger partial charge < -0.3 is 5.32 Å². The first-order valence-electron chi connectivity index (χ1n) is 6.87. The monoisotopic (exact) mass is 344 g/mol. The highest BCUT2D eigenvalue weighted by atomic mass is 35.5. The molecule has 0 radical (unpaired) electrons. The van der Waals surface area contributed by atoms with Crippen molar-refractivity contribution < 1.29 is 4.79 Å². The van der Waals surface area contributed by atoms with Crippen molar-refractivity contribution >= 4 is 35.0 Å². The molecule has 0 unspecified atom stereocenters. The molecule has 23 heavy (non-hydrogen) atoms. The van der Waals surface area contributed by atoms with Gasteiger partial charge in [0, 0.05) is 16.3 Å². The number of amides is 1. The van der Waals surface area contributed by atoms with E-state index in [2.05, 4.69) is 20.5 Å². The number of halogens is 1. The maximum Gasteiger partial charge on any atom is 0.234 e. The number of aromatic nitrogens is 3. The molecule has 116 valence electrons. The summed E-state index contributed by atoms with van der Waals surface area (Å²) in [5.74, 6) is 0.795. The van der Waals surface area contributed by atoms with Crippen LogP contribution in [0.2, 0.25) is 5.02 Å². The molecule has 0 fully saturated rings. The normalized spacial score (nSPS) is 10.5. The highest BCUT2D eigenvalue weighted by Crippen LogP contribution is 2.19. The minimum absolute atomic E-state index is 0.122. The number of thioether (sulfide) groups is 1. The van der Waals surface area contributed by atoms with E-state index in [0.717, 1.165) is 5.56 Å². The minimum atomic E-state index is -0.122. The van der Waals surface area contributed by atoms with Crippen LogP contribution in [0.3, 0.4) is 0 Å². The van der Waals surface area contributed by atoms with Crippen LogP contribution in [0, 0.1) is 0 Å². The van der Waals surface area contributed by atoms with Crippen LogP contribution in [0.4, 0.5) is 5.69 Å². The van der Waals surface area contributed by atoms with Gasteiger partial charge in [-0.15, -0.1) is 5.10 Å². The summed E-state index contributed by atoms with van der Waals surface area (Å²) in [6.07, 6.45) is 0. The number of aromatic amines is 1. The van der Waals surface area contributed by atoms with Crippen LogP contribution in [0.15, 0.2) is 59.8 Å². The van der Waals surface area contributed by atoms with Crippen LogP contribution >= 0.6 is 23.4 Å². The predicted molar refractivity (Wildman–Crippen MR) is 92.6 cm³/mol. The number of benzene rings is 2. The molecule has 1 amide bonds. The summed E-state index contributed by atoms with van der Waals surface area (Å²) in [5.41, 5.74) is 1.66. The number of carbonyl (C=O) groups excluding carboxylic acids is 1. The smallest absolute Gasteiger partial charge is 0.234 e. The van der Waals surface area contributed by atoms with Crippen molar-refractivity contribution in [2.24, 2.45) is 0 Å². The predicted octanol–water partition coefficient (Wildman–Crippen LogP) is 3.86. The topological polar surface area (TPSA) is 70.7 Å². The van der Waals surface area contributed by atoms with Gasteiger partial charge in [0.1, 0.15) is 0 Å². The van der Waals surface area contributed by atoms with E-state index >= 15 is 0 Å². The van der Waals surface area contributed by atoms with Crippen LogP contribution in [0.1, 0.15) is 0 Å². The van der Waals surface area contributed by atoms with E-state index < -0.39 is 0 Å². The molecule has 0 saturated heterocycles. The second kappa shape index (κ2) is 7.30. The van der Waals surface area contributed by atoms with Gasteiger partial charge in [0.05, 0.1) is 5.75 Å². The first-order chi connectivity index (χ1) is 11.2. The maximum atomic E-state index is 11.9. The average molecular weight is 345 g/mol. The Hall–Kier alpha value is -2.31. The summed E-state index contributed by atoms with van der Waals surface area (Å²) in [7, 11) is 0. The Morgan fingerprint density at radius 1 is 1.13 bits per heavy atom. The van der Waals surface area contributed by atoms with Crippen molar-refractivity contribution in [1.29, 1.82) is 0 Å². The Labute approximate surface area is 142 Å². The van der Waals surface area contributed by atoms with Crippen molar-refractivity contribution in [2.75, 3.05) is 11.1 Å². The highest BCUT2D eigenvalue weighted by molar-refractivity contribution is 7.99. The van der Waals surface area contributed by atoms with Crippen LogP contribution in [0.25, 0.3) is 11.4 Å². The summed E-state index contributed by atoms with van der Waals surface area (Å²) >= 11 is 7.08. The number of hydrogen-bond acceptors (Lipinski definition) is 4. The van der Waals surface area contributed by atoms with Gasteiger partial charge in [-0.05, 0) is 24.3 Å². The zero-order valence-corrected chi connectivity index (χ0v) is 13.6. The third-order valence-electron chi connectivity index (χ3n) is 2.97. The van der Waals surface area contributed by atoms with Gasteiger partial charge in [-0.25, -0.2) is 4.98 Å². The average Bonchev–Trinajstić information content (AvgIpc) is 3.05. The number of rotatable bonds is 5. The zero-order valence-electron chi connectivity index (χ0n) is 12.0. The lowest BCUT2D eigenvalue weighted by molar-refractivity contribution is -0.113. The van der Waals surface area contributed by atoms with Crippen molar-refractivity contribution in [3.63, 3.8) is 0 Å². The van der Waals surface area contributed by atoms with E-state index in [4.69, 9.17) is 11.6 Å². The number of nitrogens with one attached hydrogen (secondary N) is 2. The molecule has 0 bridgehead atoms. The summed E-state index contributed by atoms with van der Waals surface area (Å²) < 4.78 is 0. The molecule has 3 rings (SSSR count). The Morgan fingerprint density at radius 2 is 1.87 bits per heavy atom. The SMILES string of the molecule is O=C(CSc1n[nH]c(-c2ccccc2)n1)Nc1ccc(Cl)cc1. The number of nitrogens with zero attached hydrogens (tertiary/aromatic N) is 2. The van der Waals surface area contributed by atoms with Gasteiger partial charge in [-0.2, -0.15) is 0 Å². The van der Waals surface area contributed by atoms with Crippen molar-refractivity contribution in [2.45, 2.75) is 5.16 Å². The molecule has 0 spiro atoms. The molecule has 0 aliphatic heterocycles. The molecule has 0 aliphatic carbocycles. The molecule has 1 heterocycles. The maximum absolute atomic E-state index is 11.9. The number of H-pyrrole nitrogens is 1. The van der Waals surface area contributed by atoms with E-state index in [-0.39, 0.29) is 11.7 Å². The second-order valence-electron chi connectivity index (χ2n) is 4.68. The summed E-state index contributed by atoms with van der Waals surface area (Å²) in [6, 6.07) is 16.7. The number of anilines is 1. The van der Waals surface area contributed by atoms with Crippen LogP contribution in [-0.4, -0.2) is 26.8 Å².